The van der Waals surface area contributed by atoms with Gasteiger partial charge in [0.15, 0.2) is 0 Å². The van der Waals surface area contributed by atoms with Gasteiger partial charge in [0.05, 0.1) is 27.6 Å². The van der Waals surface area contributed by atoms with Gasteiger partial charge in [-0.15, -0.1) is 0 Å². The third-order valence-electron chi connectivity index (χ3n) is 4.45. The lowest BCUT2D eigenvalue weighted by molar-refractivity contribution is 0.604. The summed E-state index contributed by atoms with van der Waals surface area (Å²) in [7, 11) is 0.869. The summed E-state index contributed by atoms with van der Waals surface area (Å²) in [5.41, 5.74) is 3.28. The highest BCUT2D eigenvalue weighted by atomic mass is 32.2. The SMILES string of the molecule is Cn1cc(-c2ccc(CN3CCS(=O)c4ccccc43)c(F)c2)cn1. The minimum absolute atomic E-state index is 0.231. The lowest BCUT2D eigenvalue weighted by Gasteiger charge is -2.30. The molecule has 0 bridgehead atoms. The molecule has 0 spiro atoms. The smallest absolute Gasteiger partial charge is 0.128 e. The molecular weight excluding hydrogens is 337 g/mol. The van der Waals surface area contributed by atoms with Gasteiger partial charge in [0.1, 0.15) is 5.82 Å². The van der Waals surface area contributed by atoms with E-state index in [0.29, 0.717) is 24.4 Å². The maximum absolute atomic E-state index is 14.6. The summed E-state index contributed by atoms with van der Waals surface area (Å²) in [6.45, 7) is 1.13. The molecular formula is C19H18FN3OS. The van der Waals surface area contributed by atoms with E-state index in [4.69, 9.17) is 0 Å². The van der Waals surface area contributed by atoms with Crippen molar-refractivity contribution in [3.05, 3.63) is 66.2 Å². The molecule has 0 amide bonds. The molecule has 6 heteroatoms. The van der Waals surface area contributed by atoms with Crippen LogP contribution in [0.15, 0.2) is 59.8 Å². The van der Waals surface area contributed by atoms with Gasteiger partial charge in [-0.25, -0.2) is 4.39 Å². The van der Waals surface area contributed by atoms with Crippen LogP contribution >= 0.6 is 0 Å². The summed E-state index contributed by atoms with van der Waals surface area (Å²) in [5.74, 6) is 0.345. The number of aromatic nitrogens is 2. The number of hydrogen-bond donors (Lipinski definition) is 0. The molecule has 0 saturated carbocycles. The van der Waals surface area contributed by atoms with E-state index in [9.17, 15) is 8.60 Å². The maximum Gasteiger partial charge on any atom is 0.128 e. The van der Waals surface area contributed by atoms with Crippen LogP contribution in [0.4, 0.5) is 10.1 Å². The fourth-order valence-electron chi connectivity index (χ4n) is 3.13. The van der Waals surface area contributed by atoms with E-state index in [1.54, 1.807) is 16.9 Å². The number of anilines is 1. The van der Waals surface area contributed by atoms with Crippen molar-refractivity contribution in [2.45, 2.75) is 11.4 Å². The molecule has 2 heterocycles. The van der Waals surface area contributed by atoms with Crippen molar-refractivity contribution >= 4 is 16.5 Å². The monoisotopic (exact) mass is 355 g/mol. The van der Waals surface area contributed by atoms with E-state index >= 15 is 0 Å². The molecule has 1 aromatic heterocycles. The van der Waals surface area contributed by atoms with Gasteiger partial charge in [0, 0.05) is 43.2 Å². The fourth-order valence-corrected chi connectivity index (χ4v) is 4.40. The molecule has 2 aromatic carbocycles. The number of hydrogen-bond acceptors (Lipinski definition) is 3. The second-order valence-electron chi connectivity index (χ2n) is 6.15. The van der Waals surface area contributed by atoms with E-state index in [0.717, 1.165) is 21.7 Å². The number of para-hydroxylation sites is 1. The second-order valence-corrected chi connectivity index (χ2v) is 7.69. The van der Waals surface area contributed by atoms with Gasteiger partial charge in [-0.3, -0.25) is 8.89 Å². The standard InChI is InChI=1S/C19H18FN3OS/c1-22-12-16(11-21-22)14-6-7-15(17(20)10-14)13-23-8-9-25(24)19-5-3-2-4-18(19)23/h2-7,10-12H,8-9,13H2,1H3. The Morgan fingerprint density at radius 3 is 2.80 bits per heavy atom. The molecule has 1 aliphatic rings. The highest BCUT2D eigenvalue weighted by Crippen LogP contribution is 2.30. The van der Waals surface area contributed by atoms with Gasteiger partial charge in [-0.05, 0) is 23.8 Å². The predicted molar refractivity (Wildman–Crippen MR) is 97.4 cm³/mol. The van der Waals surface area contributed by atoms with Gasteiger partial charge in [0.25, 0.3) is 0 Å². The Labute approximate surface area is 148 Å². The van der Waals surface area contributed by atoms with Crippen molar-refractivity contribution in [3.63, 3.8) is 0 Å². The Balaban J connectivity index is 1.61. The van der Waals surface area contributed by atoms with Crippen molar-refractivity contribution in [1.29, 1.82) is 0 Å². The molecule has 1 aliphatic heterocycles. The molecule has 0 radical (unpaired) electrons. The van der Waals surface area contributed by atoms with E-state index in [1.807, 2.05) is 49.6 Å². The molecule has 0 aliphatic carbocycles. The average Bonchev–Trinajstić information content (AvgIpc) is 3.05. The second kappa shape index (κ2) is 6.44. The molecule has 128 valence electrons. The Morgan fingerprint density at radius 1 is 1.20 bits per heavy atom. The summed E-state index contributed by atoms with van der Waals surface area (Å²) < 4.78 is 28.5. The zero-order chi connectivity index (χ0) is 17.4. The van der Waals surface area contributed by atoms with Crippen LogP contribution in [0.25, 0.3) is 11.1 Å². The normalized spacial score (nSPS) is 16.7. The lowest BCUT2D eigenvalue weighted by Crippen LogP contribution is -2.32. The molecule has 0 fully saturated rings. The van der Waals surface area contributed by atoms with E-state index in [2.05, 4.69) is 10.00 Å². The van der Waals surface area contributed by atoms with Crippen LogP contribution < -0.4 is 4.90 Å². The highest BCUT2D eigenvalue weighted by molar-refractivity contribution is 7.85. The number of nitrogens with zero attached hydrogens (tertiary/aromatic N) is 3. The van der Waals surface area contributed by atoms with Crippen molar-refractivity contribution < 1.29 is 8.60 Å². The third kappa shape index (κ3) is 3.09. The number of rotatable bonds is 3. The Hall–Kier alpha value is -2.47. The quantitative estimate of drug-likeness (QED) is 0.723. The van der Waals surface area contributed by atoms with Crippen molar-refractivity contribution in [2.24, 2.45) is 7.05 Å². The van der Waals surface area contributed by atoms with E-state index in [-0.39, 0.29) is 5.82 Å². The Bertz CT molecular complexity index is 953. The maximum atomic E-state index is 14.6. The summed E-state index contributed by atoms with van der Waals surface area (Å²) >= 11 is 0. The van der Waals surface area contributed by atoms with Crippen molar-refractivity contribution in [1.82, 2.24) is 9.78 Å². The van der Waals surface area contributed by atoms with Crippen LogP contribution in [0.5, 0.6) is 0 Å². The van der Waals surface area contributed by atoms with Crippen LogP contribution in [0.1, 0.15) is 5.56 Å². The zero-order valence-corrected chi connectivity index (χ0v) is 14.7. The number of benzene rings is 2. The molecule has 0 saturated heterocycles. The van der Waals surface area contributed by atoms with Crippen LogP contribution in [0, 0.1) is 5.82 Å². The number of fused-ring (bicyclic) bond motifs is 1. The first-order chi connectivity index (χ1) is 12.1. The largest absolute Gasteiger partial charge is 0.365 e. The number of aryl methyl sites for hydroxylation is 1. The number of halogens is 1. The summed E-state index contributed by atoms with van der Waals surface area (Å²) in [6.07, 6.45) is 3.59. The van der Waals surface area contributed by atoms with Gasteiger partial charge < -0.3 is 4.90 Å². The van der Waals surface area contributed by atoms with Crippen LogP contribution in [0.2, 0.25) is 0 Å². The molecule has 4 nitrogen and oxygen atoms in total. The van der Waals surface area contributed by atoms with Crippen molar-refractivity contribution in [2.75, 3.05) is 17.2 Å². The Kier molecular flexibility index (Phi) is 4.13. The first-order valence-electron chi connectivity index (χ1n) is 8.11. The molecule has 1 unspecified atom stereocenters. The minimum atomic E-state index is -0.970. The van der Waals surface area contributed by atoms with Gasteiger partial charge in [0.2, 0.25) is 0 Å². The van der Waals surface area contributed by atoms with Gasteiger partial charge in [-0.1, -0.05) is 24.3 Å². The van der Waals surface area contributed by atoms with Crippen molar-refractivity contribution in [3.8, 4) is 11.1 Å². The molecule has 0 N–H and O–H groups in total. The summed E-state index contributed by atoms with van der Waals surface area (Å²) in [6, 6.07) is 13.0. The van der Waals surface area contributed by atoms with Crippen LogP contribution in [-0.2, 0) is 24.4 Å². The van der Waals surface area contributed by atoms with Crippen LogP contribution in [-0.4, -0.2) is 26.3 Å². The lowest BCUT2D eigenvalue weighted by atomic mass is 10.1. The third-order valence-corrected chi connectivity index (χ3v) is 5.84. The average molecular weight is 355 g/mol. The van der Waals surface area contributed by atoms with E-state index < -0.39 is 10.8 Å². The van der Waals surface area contributed by atoms with Gasteiger partial charge >= 0.3 is 0 Å². The van der Waals surface area contributed by atoms with E-state index in [1.165, 1.54) is 0 Å². The minimum Gasteiger partial charge on any atom is -0.365 e. The van der Waals surface area contributed by atoms with Gasteiger partial charge in [-0.2, -0.15) is 5.10 Å². The Morgan fingerprint density at radius 2 is 2.04 bits per heavy atom. The fraction of sp³-hybridized carbons (Fsp3) is 0.211. The molecule has 3 aromatic rings. The summed E-state index contributed by atoms with van der Waals surface area (Å²) in [5, 5.41) is 4.13. The highest BCUT2D eigenvalue weighted by Gasteiger charge is 2.22. The molecule has 1 atom stereocenters. The zero-order valence-electron chi connectivity index (χ0n) is 13.9. The summed E-state index contributed by atoms with van der Waals surface area (Å²) in [4.78, 5) is 2.93. The van der Waals surface area contributed by atoms with Crippen LogP contribution in [0.3, 0.4) is 0 Å². The topological polar surface area (TPSA) is 38.1 Å². The predicted octanol–water partition coefficient (Wildman–Crippen LogP) is 3.35. The first kappa shape index (κ1) is 16.0. The first-order valence-corrected chi connectivity index (χ1v) is 9.43. The molecule has 25 heavy (non-hydrogen) atoms. The molecule has 4 rings (SSSR count).